The second-order valence-corrected chi connectivity index (χ2v) is 7.84. The summed E-state index contributed by atoms with van der Waals surface area (Å²) < 4.78 is 6.52. The predicted molar refractivity (Wildman–Crippen MR) is 110 cm³/mol. The summed E-state index contributed by atoms with van der Waals surface area (Å²) in [5, 5.41) is 3.26. The first kappa shape index (κ1) is 19.4. The zero-order valence-corrected chi connectivity index (χ0v) is 17.3. The van der Waals surface area contributed by atoms with Crippen LogP contribution in [0.15, 0.2) is 56.6 Å². The van der Waals surface area contributed by atoms with Gasteiger partial charge in [-0.15, -0.1) is 0 Å². The van der Waals surface area contributed by atoms with Crippen LogP contribution >= 0.6 is 27.7 Å². The van der Waals surface area contributed by atoms with Gasteiger partial charge in [-0.05, 0) is 42.8 Å². The number of nitrogens with zero attached hydrogens (tertiary/aromatic N) is 2. The molecular weight excluding hydrogens is 430 g/mol. The quantitative estimate of drug-likeness (QED) is 0.575. The van der Waals surface area contributed by atoms with Crippen LogP contribution in [0.25, 0.3) is 11.1 Å². The summed E-state index contributed by atoms with van der Waals surface area (Å²) in [4.78, 5) is 30.2. The van der Waals surface area contributed by atoms with E-state index >= 15 is 0 Å². The highest BCUT2D eigenvalue weighted by Gasteiger charge is 2.16. The number of thioether (sulfide) groups is 1. The van der Waals surface area contributed by atoms with Crippen LogP contribution in [0.1, 0.15) is 5.56 Å². The minimum absolute atomic E-state index is 0.0253. The van der Waals surface area contributed by atoms with Crippen molar-refractivity contribution in [1.82, 2.24) is 9.88 Å². The van der Waals surface area contributed by atoms with Crippen LogP contribution in [0.5, 0.6) is 0 Å². The SMILES string of the molecule is Cc1cc(Br)ccc1NC(=O)CN(C)C(=O)CSc1nc2ccccc2o1. The number of carbonyl (C=O) groups excluding carboxylic acids is 2. The molecule has 0 aliphatic rings. The molecule has 6 nitrogen and oxygen atoms in total. The Balaban J connectivity index is 1.51. The molecule has 3 rings (SSSR count). The number of rotatable bonds is 6. The molecule has 1 N–H and O–H groups in total. The molecule has 0 unspecified atom stereocenters. The Morgan fingerprint density at radius 2 is 2.04 bits per heavy atom. The summed E-state index contributed by atoms with van der Waals surface area (Å²) in [5.74, 6) is -0.276. The molecule has 2 aromatic carbocycles. The van der Waals surface area contributed by atoms with Crippen molar-refractivity contribution >= 4 is 56.3 Å². The van der Waals surface area contributed by atoms with Crippen LogP contribution in [0.4, 0.5) is 5.69 Å². The van der Waals surface area contributed by atoms with Gasteiger partial charge in [0.2, 0.25) is 11.8 Å². The average molecular weight is 448 g/mol. The maximum absolute atomic E-state index is 12.3. The van der Waals surface area contributed by atoms with Crippen molar-refractivity contribution in [1.29, 1.82) is 0 Å². The van der Waals surface area contributed by atoms with Gasteiger partial charge in [0.1, 0.15) is 5.52 Å². The number of aromatic nitrogens is 1. The first-order valence-corrected chi connectivity index (χ1v) is 9.98. The van der Waals surface area contributed by atoms with Crippen LogP contribution < -0.4 is 5.32 Å². The van der Waals surface area contributed by atoms with Gasteiger partial charge in [0, 0.05) is 17.2 Å². The molecule has 0 aliphatic carbocycles. The lowest BCUT2D eigenvalue weighted by molar-refractivity contribution is -0.131. The van der Waals surface area contributed by atoms with E-state index in [-0.39, 0.29) is 24.1 Å². The molecule has 0 bridgehead atoms. The van der Waals surface area contributed by atoms with E-state index in [0.29, 0.717) is 10.8 Å². The first-order chi connectivity index (χ1) is 12.9. The molecule has 8 heteroatoms. The van der Waals surface area contributed by atoms with E-state index in [1.54, 1.807) is 7.05 Å². The Morgan fingerprint density at radius 1 is 1.26 bits per heavy atom. The van der Waals surface area contributed by atoms with Crippen LogP contribution in [0.3, 0.4) is 0 Å². The van der Waals surface area contributed by atoms with Crippen LogP contribution in [-0.2, 0) is 9.59 Å². The smallest absolute Gasteiger partial charge is 0.257 e. The fraction of sp³-hybridized carbons (Fsp3) is 0.211. The third-order valence-electron chi connectivity index (χ3n) is 3.86. The zero-order valence-electron chi connectivity index (χ0n) is 14.9. The number of amides is 2. The fourth-order valence-electron chi connectivity index (χ4n) is 2.41. The number of nitrogens with one attached hydrogen (secondary N) is 1. The standard InChI is InChI=1S/C19H18BrN3O3S/c1-12-9-13(20)7-8-14(12)21-17(24)10-23(2)18(25)11-27-19-22-15-5-3-4-6-16(15)26-19/h3-9H,10-11H2,1-2H3,(H,21,24). The van der Waals surface area contributed by atoms with Gasteiger partial charge in [-0.1, -0.05) is 39.8 Å². The minimum atomic E-state index is -0.247. The molecule has 0 aliphatic heterocycles. The van der Waals surface area contributed by atoms with Crippen molar-refractivity contribution in [2.75, 3.05) is 24.7 Å². The maximum atomic E-state index is 12.3. The third kappa shape index (κ3) is 5.11. The highest BCUT2D eigenvalue weighted by molar-refractivity contribution is 9.10. The number of benzene rings is 2. The fourth-order valence-corrected chi connectivity index (χ4v) is 3.66. The number of carbonyl (C=O) groups is 2. The molecule has 27 heavy (non-hydrogen) atoms. The van der Waals surface area contributed by atoms with Gasteiger partial charge in [0.05, 0.1) is 12.3 Å². The Kier molecular flexibility index (Phi) is 6.18. The number of aryl methyl sites for hydroxylation is 1. The van der Waals surface area contributed by atoms with Gasteiger partial charge in [-0.25, -0.2) is 4.98 Å². The van der Waals surface area contributed by atoms with Gasteiger partial charge in [-0.2, -0.15) is 0 Å². The topological polar surface area (TPSA) is 75.4 Å². The molecule has 0 fully saturated rings. The second-order valence-electron chi connectivity index (χ2n) is 5.99. The molecule has 0 saturated carbocycles. The van der Waals surface area contributed by atoms with Crippen molar-refractivity contribution in [3.8, 4) is 0 Å². The van der Waals surface area contributed by atoms with E-state index < -0.39 is 0 Å². The monoisotopic (exact) mass is 447 g/mol. The molecule has 1 heterocycles. The number of para-hydroxylation sites is 2. The van der Waals surface area contributed by atoms with E-state index in [4.69, 9.17) is 4.42 Å². The highest BCUT2D eigenvalue weighted by atomic mass is 79.9. The summed E-state index contributed by atoms with van der Waals surface area (Å²) in [6, 6.07) is 13.0. The van der Waals surface area contributed by atoms with Gasteiger partial charge in [0.15, 0.2) is 5.58 Å². The zero-order chi connectivity index (χ0) is 19.4. The van der Waals surface area contributed by atoms with Crippen molar-refractivity contribution in [2.24, 2.45) is 0 Å². The summed E-state index contributed by atoms with van der Waals surface area (Å²) in [7, 11) is 1.60. The van der Waals surface area contributed by atoms with Crippen molar-refractivity contribution in [2.45, 2.75) is 12.1 Å². The summed E-state index contributed by atoms with van der Waals surface area (Å²) >= 11 is 4.60. The van der Waals surface area contributed by atoms with E-state index in [9.17, 15) is 9.59 Å². The van der Waals surface area contributed by atoms with E-state index in [1.165, 1.54) is 16.7 Å². The number of likely N-dealkylation sites (N-methyl/N-ethyl adjacent to an activating group) is 1. The Hall–Kier alpha value is -2.32. The second kappa shape index (κ2) is 8.58. The Morgan fingerprint density at radius 3 is 2.78 bits per heavy atom. The van der Waals surface area contributed by atoms with Crippen LogP contribution in [-0.4, -0.2) is 41.0 Å². The van der Waals surface area contributed by atoms with Crippen LogP contribution in [0, 0.1) is 6.92 Å². The molecule has 1 aromatic heterocycles. The molecule has 0 atom stereocenters. The molecule has 140 valence electrons. The summed E-state index contributed by atoms with van der Waals surface area (Å²) in [6.07, 6.45) is 0. The van der Waals surface area contributed by atoms with E-state index in [0.717, 1.165) is 21.2 Å². The molecule has 0 radical (unpaired) electrons. The van der Waals surface area contributed by atoms with E-state index in [2.05, 4.69) is 26.2 Å². The molecular formula is C19H18BrN3O3S. The number of halogens is 1. The van der Waals surface area contributed by atoms with Gasteiger partial charge >= 0.3 is 0 Å². The summed E-state index contributed by atoms with van der Waals surface area (Å²) in [5.41, 5.74) is 3.11. The first-order valence-electron chi connectivity index (χ1n) is 8.21. The lowest BCUT2D eigenvalue weighted by Gasteiger charge is -2.17. The normalized spacial score (nSPS) is 10.8. The number of hydrogen-bond acceptors (Lipinski definition) is 5. The van der Waals surface area contributed by atoms with Gasteiger partial charge < -0.3 is 14.6 Å². The minimum Gasteiger partial charge on any atom is -0.431 e. The average Bonchev–Trinajstić information content (AvgIpc) is 3.05. The van der Waals surface area contributed by atoms with Gasteiger partial charge in [-0.3, -0.25) is 9.59 Å². The van der Waals surface area contributed by atoms with Crippen molar-refractivity contribution in [3.63, 3.8) is 0 Å². The molecule has 2 amide bonds. The van der Waals surface area contributed by atoms with E-state index in [1.807, 2.05) is 49.4 Å². The molecule has 3 aromatic rings. The predicted octanol–water partition coefficient (Wildman–Crippen LogP) is 4.09. The molecule has 0 spiro atoms. The number of anilines is 1. The van der Waals surface area contributed by atoms with Gasteiger partial charge in [0.25, 0.3) is 5.22 Å². The lowest BCUT2D eigenvalue weighted by atomic mass is 10.2. The number of hydrogen-bond donors (Lipinski definition) is 1. The largest absolute Gasteiger partial charge is 0.431 e. The molecule has 0 saturated heterocycles. The van der Waals surface area contributed by atoms with Crippen molar-refractivity contribution in [3.05, 3.63) is 52.5 Å². The maximum Gasteiger partial charge on any atom is 0.257 e. The highest BCUT2D eigenvalue weighted by Crippen LogP contribution is 2.23. The summed E-state index contributed by atoms with van der Waals surface area (Å²) in [6.45, 7) is 1.88. The van der Waals surface area contributed by atoms with Crippen molar-refractivity contribution < 1.29 is 14.0 Å². The third-order valence-corrected chi connectivity index (χ3v) is 5.17. The number of oxazole rings is 1. The Labute approximate surface area is 169 Å². The van der Waals surface area contributed by atoms with Crippen LogP contribution in [0.2, 0.25) is 0 Å². The lowest BCUT2D eigenvalue weighted by Crippen LogP contribution is -2.36. The number of fused-ring (bicyclic) bond motifs is 1. The Bertz CT molecular complexity index is 956.